The lowest BCUT2D eigenvalue weighted by atomic mass is 10.1. The highest BCUT2D eigenvalue weighted by molar-refractivity contribution is 7.21. The summed E-state index contributed by atoms with van der Waals surface area (Å²) in [6.45, 7) is 6.63. The number of thiazole rings is 1. The number of carbonyl (C=O) groups excluding carboxylic acids is 1. The van der Waals surface area contributed by atoms with E-state index in [0.717, 1.165) is 10.4 Å². The number of benzene rings is 1. The summed E-state index contributed by atoms with van der Waals surface area (Å²) in [6.07, 6.45) is 0. The van der Waals surface area contributed by atoms with E-state index in [0.29, 0.717) is 6.54 Å². The molecule has 21 heavy (non-hydrogen) atoms. The summed E-state index contributed by atoms with van der Waals surface area (Å²) in [4.78, 5) is 14.7. The summed E-state index contributed by atoms with van der Waals surface area (Å²) in [5.74, 6) is 0.203. The molecule has 0 aliphatic carbocycles. The van der Waals surface area contributed by atoms with Gasteiger partial charge in [-0.15, -0.1) is 11.3 Å². The predicted octanol–water partition coefficient (Wildman–Crippen LogP) is 1.06. The first-order valence-electron chi connectivity index (χ1n) is 6.53. The van der Waals surface area contributed by atoms with E-state index >= 15 is 0 Å². The van der Waals surface area contributed by atoms with Crippen LogP contribution in [0.5, 0.6) is 0 Å². The minimum Gasteiger partial charge on any atom is -1.00 e. The molecule has 0 fully saturated rings. The number of Topliss-reactive ketones (excluding diaryl/α,β-unsaturated/α-hetero) is 1. The van der Waals surface area contributed by atoms with Gasteiger partial charge in [-0.05, 0) is 30.9 Å². The SMILES string of the molecule is Cc1sc[n+](CC(=O)c2sc3ccccc3c2C)c1C.[Br-]. The Balaban J connectivity index is 0.00000161. The minimum absolute atomic E-state index is 0. The van der Waals surface area contributed by atoms with Crippen LogP contribution in [-0.2, 0) is 6.54 Å². The number of hydrogen-bond donors (Lipinski definition) is 0. The van der Waals surface area contributed by atoms with Crippen molar-refractivity contribution in [3.8, 4) is 0 Å². The number of ketones is 1. The molecule has 0 spiro atoms. The van der Waals surface area contributed by atoms with Crippen LogP contribution in [0.25, 0.3) is 10.1 Å². The molecule has 0 radical (unpaired) electrons. The lowest BCUT2D eigenvalue weighted by molar-refractivity contribution is -0.684. The van der Waals surface area contributed by atoms with Crippen molar-refractivity contribution < 1.29 is 26.3 Å². The Morgan fingerprint density at radius 2 is 1.90 bits per heavy atom. The highest BCUT2D eigenvalue weighted by Gasteiger charge is 2.21. The van der Waals surface area contributed by atoms with Crippen LogP contribution in [0.2, 0.25) is 0 Å². The Morgan fingerprint density at radius 1 is 1.19 bits per heavy atom. The molecule has 0 aliphatic heterocycles. The maximum absolute atomic E-state index is 12.6. The van der Waals surface area contributed by atoms with Crippen LogP contribution >= 0.6 is 22.7 Å². The van der Waals surface area contributed by atoms with Gasteiger partial charge in [0.05, 0.1) is 9.75 Å². The quantitative estimate of drug-likeness (QED) is 0.490. The first-order chi connectivity index (χ1) is 9.58. The lowest BCUT2D eigenvalue weighted by Gasteiger charge is -1.96. The molecular formula is C16H16BrNOS2. The van der Waals surface area contributed by atoms with Crippen LogP contribution in [0.4, 0.5) is 0 Å². The van der Waals surface area contributed by atoms with Crippen molar-refractivity contribution in [1.29, 1.82) is 0 Å². The van der Waals surface area contributed by atoms with E-state index in [1.54, 1.807) is 22.7 Å². The highest BCUT2D eigenvalue weighted by atomic mass is 79.9. The van der Waals surface area contributed by atoms with E-state index in [-0.39, 0.29) is 22.8 Å². The number of thiophene rings is 1. The van der Waals surface area contributed by atoms with Crippen molar-refractivity contribution in [2.24, 2.45) is 0 Å². The average molecular weight is 382 g/mol. The van der Waals surface area contributed by atoms with Crippen molar-refractivity contribution in [3.63, 3.8) is 0 Å². The van der Waals surface area contributed by atoms with Crippen LogP contribution in [0, 0.1) is 20.8 Å². The highest BCUT2D eigenvalue weighted by Crippen LogP contribution is 2.30. The number of aromatic nitrogens is 1. The Bertz CT molecular complexity index is 804. The molecule has 0 saturated heterocycles. The number of nitrogens with zero attached hydrogens (tertiary/aromatic N) is 1. The zero-order valence-corrected chi connectivity index (χ0v) is 15.4. The van der Waals surface area contributed by atoms with Crippen LogP contribution in [0.1, 0.15) is 25.8 Å². The van der Waals surface area contributed by atoms with Gasteiger partial charge < -0.3 is 17.0 Å². The molecule has 110 valence electrons. The van der Waals surface area contributed by atoms with Gasteiger partial charge in [0.1, 0.15) is 0 Å². The molecule has 0 amide bonds. The van der Waals surface area contributed by atoms with Gasteiger partial charge in [0.2, 0.25) is 17.8 Å². The predicted molar refractivity (Wildman–Crippen MR) is 84.9 cm³/mol. The fraction of sp³-hybridized carbons (Fsp3) is 0.250. The summed E-state index contributed by atoms with van der Waals surface area (Å²) >= 11 is 3.30. The summed E-state index contributed by atoms with van der Waals surface area (Å²) < 4.78 is 3.24. The number of carbonyl (C=O) groups is 1. The second-order valence-corrected chi connectivity index (χ2v) is 7.08. The molecule has 2 nitrogen and oxygen atoms in total. The van der Waals surface area contributed by atoms with Gasteiger partial charge in [0.25, 0.3) is 0 Å². The van der Waals surface area contributed by atoms with E-state index in [4.69, 9.17) is 0 Å². The van der Waals surface area contributed by atoms with Gasteiger partial charge in [-0.1, -0.05) is 29.5 Å². The second kappa shape index (κ2) is 6.38. The van der Waals surface area contributed by atoms with Crippen molar-refractivity contribution in [2.75, 3.05) is 0 Å². The largest absolute Gasteiger partial charge is 1.00 e. The number of aryl methyl sites for hydroxylation is 2. The lowest BCUT2D eigenvalue weighted by Crippen LogP contribution is -3.00. The van der Waals surface area contributed by atoms with Gasteiger partial charge in [0, 0.05) is 11.6 Å². The molecule has 0 aliphatic rings. The molecule has 3 aromatic rings. The summed E-state index contributed by atoms with van der Waals surface area (Å²) in [7, 11) is 0. The van der Waals surface area contributed by atoms with Crippen LogP contribution < -0.4 is 21.5 Å². The molecule has 0 atom stereocenters. The molecule has 2 aromatic heterocycles. The third-order valence-corrected chi connectivity index (χ3v) is 6.03. The van der Waals surface area contributed by atoms with Gasteiger partial charge >= 0.3 is 0 Å². The zero-order valence-electron chi connectivity index (χ0n) is 12.1. The first kappa shape index (κ1) is 16.3. The van der Waals surface area contributed by atoms with Crippen molar-refractivity contribution >= 4 is 38.5 Å². The molecule has 0 bridgehead atoms. The van der Waals surface area contributed by atoms with Gasteiger partial charge in [-0.3, -0.25) is 4.79 Å². The third-order valence-electron chi connectivity index (χ3n) is 3.71. The van der Waals surface area contributed by atoms with E-state index in [1.807, 2.05) is 29.1 Å². The summed E-state index contributed by atoms with van der Waals surface area (Å²) in [6, 6.07) is 8.22. The van der Waals surface area contributed by atoms with Crippen molar-refractivity contribution in [2.45, 2.75) is 27.3 Å². The van der Waals surface area contributed by atoms with Crippen LogP contribution in [0.15, 0.2) is 29.8 Å². The topological polar surface area (TPSA) is 20.9 Å². The average Bonchev–Trinajstić information content (AvgIpc) is 2.94. The Labute approximate surface area is 142 Å². The van der Waals surface area contributed by atoms with Gasteiger partial charge in [-0.2, -0.15) is 4.57 Å². The zero-order chi connectivity index (χ0) is 14.3. The first-order valence-corrected chi connectivity index (χ1v) is 8.23. The maximum atomic E-state index is 12.6. The number of hydrogen-bond acceptors (Lipinski definition) is 3. The Kier molecular flexibility index (Phi) is 4.96. The molecule has 0 unspecified atom stereocenters. The summed E-state index contributed by atoms with van der Waals surface area (Å²) in [5, 5.41) is 1.20. The van der Waals surface area contributed by atoms with E-state index in [1.165, 1.54) is 20.7 Å². The van der Waals surface area contributed by atoms with E-state index in [2.05, 4.69) is 26.0 Å². The standard InChI is InChI=1S/C16H16NOS2.BrH/c1-10-13-6-4-5-7-15(13)20-16(10)14(18)8-17-9-19-12(3)11(17)2;/h4-7,9H,8H2,1-3H3;1H/q+1;/p-1. The third kappa shape index (κ3) is 2.96. The molecule has 3 rings (SSSR count). The molecule has 0 saturated carbocycles. The van der Waals surface area contributed by atoms with Crippen molar-refractivity contribution in [3.05, 3.63) is 50.8 Å². The smallest absolute Gasteiger partial charge is 0.237 e. The fourth-order valence-electron chi connectivity index (χ4n) is 2.33. The van der Waals surface area contributed by atoms with E-state index in [9.17, 15) is 4.79 Å². The monoisotopic (exact) mass is 381 g/mol. The molecule has 5 heteroatoms. The van der Waals surface area contributed by atoms with Crippen molar-refractivity contribution in [1.82, 2.24) is 0 Å². The normalized spacial score (nSPS) is 10.6. The van der Waals surface area contributed by atoms with E-state index < -0.39 is 0 Å². The molecule has 0 N–H and O–H groups in total. The van der Waals surface area contributed by atoms with Gasteiger partial charge in [0.15, 0.2) is 5.69 Å². The molecular weight excluding hydrogens is 366 g/mol. The second-order valence-electron chi connectivity index (χ2n) is 4.97. The number of fused-ring (bicyclic) bond motifs is 1. The van der Waals surface area contributed by atoms with Crippen LogP contribution in [-0.4, -0.2) is 5.78 Å². The Hall–Kier alpha value is -1.04. The minimum atomic E-state index is 0. The molecule has 2 heterocycles. The fourth-order valence-corrected chi connectivity index (χ4v) is 4.28. The van der Waals surface area contributed by atoms with Gasteiger partial charge in [-0.25, -0.2) is 0 Å². The Morgan fingerprint density at radius 3 is 2.52 bits per heavy atom. The van der Waals surface area contributed by atoms with Crippen LogP contribution in [0.3, 0.4) is 0 Å². The summed E-state index contributed by atoms with van der Waals surface area (Å²) in [5.41, 5.74) is 4.33. The molecule has 1 aromatic carbocycles. The number of halogens is 1. The number of rotatable bonds is 3. The maximum Gasteiger partial charge on any atom is 0.237 e.